The van der Waals surface area contributed by atoms with Gasteiger partial charge in [0.25, 0.3) is 5.91 Å². The van der Waals surface area contributed by atoms with Crippen molar-refractivity contribution in [2.75, 3.05) is 10.6 Å². The smallest absolute Gasteiger partial charge is 0.258 e. The van der Waals surface area contributed by atoms with Gasteiger partial charge in [-0.1, -0.05) is 29.8 Å². The molecule has 0 aliphatic carbocycles. The van der Waals surface area contributed by atoms with Crippen LogP contribution in [-0.2, 0) is 0 Å². The molecule has 0 aliphatic heterocycles. The number of nitrogens with one attached hydrogen (secondary N) is 2. The molecule has 0 fully saturated rings. The average molecular weight is 397 g/mol. The van der Waals surface area contributed by atoms with Crippen molar-refractivity contribution in [1.82, 2.24) is 9.97 Å². The lowest BCUT2D eigenvalue weighted by atomic mass is 10.2. The van der Waals surface area contributed by atoms with Crippen molar-refractivity contribution < 1.29 is 9.53 Å². The van der Waals surface area contributed by atoms with Gasteiger partial charge in [-0.05, 0) is 50.6 Å². The van der Waals surface area contributed by atoms with Gasteiger partial charge in [-0.3, -0.25) is 4.79 Å². The van der Waals surface area contributed by atoms with E-state index in [4.69, 9.17) is 16.3 Å². The molecular formula is C21H21ClN4O2. The number of ether oxygens (including phenoxy) is 1. The standard InChI is InChI=1S/C21H21ClN4O2/c1-13(2)28-19-7-5-4-6-18(19)26-20(27)15-11-23-21(24-12-15)25-16-9-8-14(3)17(22)10-16/h4-13H,1-3H3,(H,26,27)(H,23,24,25). The number of anilines is 3. The van der Waals surface area contributed by atoms with Crippen molar-refractivity contribution >= 4 is 34.8 Å². The zero-order valence-electron chi connectivity index (χ0n) is 15.9. The molecule has 0 spiro atoms. The first kappa shape index (κ1) is 19.6. The van der Waals surface area contributed by atoms with Gasteiger partial charge < -0.3 is 15.4 Å². The summed E-state index contributed by atoms with van der Waals surface area (Å²) in [5.74, 6) is 0.672. The maximum atomic E-state index is 12.5. The third-order valence-electron chi connectivity index (χ3n) is 3.84. The summed E-state index contributed by atoms with van der Waals surface area (Å²) in [6, 6.07) is 12.9. The Labute approximate surface area is 168 Å². The molecule has 1 heterocycles. The van der Waals surface area contributed by atoms with E-state index in [2.05, 4.69) is 20.6 Å². The van der Waals surface area contributed by atoms with Gasteiger partial charge in [-0.2, -0.15) is 0 Å². The number of carbonyl (C=O) groups excluding carboxylic acids is 1. The Morgan fingerprint density at radius 1 is 1.11 bits per heavy atom. The van der Waals surface area contributed by atoms with Gasteiger partial charge in [-0.25, -0.2) is 9.97 Å². The van der Waals surface area contributed by atoms with E-state index in [-0.39, 0.29) is 12.0 Å². The Balaban J connectivity index is 1.69. The summed E-state index contributed by atoms with van der Waals surface area (Å²) in [6.45, 7) is 5.79. The van der Waals surface area contributed by atoms with E-state index in [9.17, 15) is 4.79 Å². The Morgan fingerprint density at radius 2 is 1.82 bits per heavy atom. The van der Waals surface area contributed by atoms with E-state index >= 15 is 0 Å². The fourth-order valence-electron chi connectivity index (χ4n) is 2.43. The molecule has 0 unspecified atom stereocenters. The summed E-state index contributed by atoms with van der Waals surface area (Å²) in [7, 11) is 0. The maximum absolute atomic E-state index is 12.5. The van der Waals surface area contributed by atoms with Gasteiger partial charge in [0, 0.05) is 23.1 Å². The number of hydrogen-bond acceptors (Lipinski definition) is 5. The van der Waals surface area contributed by atoms with Gasteiger partial charge in [0.2, 0.25) is 5.95 Å². The quantitative estimate of drug-likeness (QED) is 0.597. The van der Waals surface area contributed by atoms with E-state index in [1.54, 1.807) is 12.1 Å². The number of aryl methyl sites for hydroxylation is 1. The molecule has 0 saturated heterocycles. The molecule has 6 nitrogen and oxygen atoms in total. The molecule has 1 aromatic heterocycles. The van der Waals surface area contributed by atoms with Gasteiger partial charge in [0.15, 0.2) is 0 Å². The summed E-state index contributed by atoms with van der Waals surface area (Å²) in [6.07, 6.45) is 2.93. The predicted octanol–water partition coefficient (Wildman–Crippen LogP) is 5.22. The van der Waals surface area contributed by atoms with Crippen molar-refractivity contribution in [3.63, 3.8) is 0 Å². The third kappa shape index (κ3) is 4.98. The first-order valence-corrected chi connectivity index (χ1v) is 9.22. The van der Waals surface area contributed by atoms with Crippen molar-refractivity contribution in [2.24, 2.45) is 0 Å². The minimum absolute atomic E-state index is 0.00187. The van der Waals surface area contributed by atoms with Crippen LogP contribution in [0.5, 0.6) is 5.75 Å². The van der Waals surface area contributed by atoms with Crippen LogP contribution in [0.4, 0.5) is 17.3 Å². The Kier molecular flexibility index (Phi) is 6.11. The average Bonchev–Trinajstić information content (AvgIpc) is 2.66. The fourth-order valence-corrected chi connectivity index (χ4v) is 2.61. The number of carbonyl (C=O) groups is 1. The summed E-state index contributed by atoms with van der Waals surface area (Å²) >= 11 is 6.12. The minimum Gasteiger partial charge on any atom is -0.489 e. The molecule has 0 bridgehead atoms. The first-order valence-electron chi connectivity index (χ1n) is 8.84. The second-order valence-electron chi connectivity index (χ2n) is 6.50. The van der Waals surface area contributed by atoms with Crippen LogP contribution >= 0.6 is 11.6 Å². The Hall–Kier alpha value is -3.12. The van der Waals surface area contributed by atoms with E-state index in [0.29, 0.717) is 28.0 Å². The highest BCUT2D eigenvalue weighted by Gasteiger charge is 2.12. The third-order valence-corrected chi connectivity index (χ3v) is 4.25. The van der Waals surface area contributed by atoms with Crippen LogP contribution in [0.15, 0.2) is 54.9 Å². The number of para-hydroxylation sites is 2. The lowest BCUT2D eigenvalue weighted by molar-refractivity contribution is 0.102. The Bertz CT molecular complexity index is 974. The number of halogens is 1. The molecule has 3 rings (SSSR count). The monoisotopic (exact) mass is 396 g/mol. The molecule has 7 heteroatoms. The van der Waals surface area contributed by atoms with Crippen molar-refractivity contribution in [2.45, 2.75) is 26.9 Å². The lowest BCUT2D eigenvalue weighted by Gasteiger charge is -2.14. The fraction of sp³-hybridized carbons (Fsp3) is 0.190. The molecule has 0 radical (unpaired) electrons. The highest BCUT2D eigenvalue weighted by Crippen LogP contribution is 2.25. The van der Waals surface area contributed by atoms with Crippen LogP contribution < -0.4 is 15.4 Å². The molecule has 0 atom stereocenters. The van der Waals surface area contributed by atoms with Gasteiger partial charge >= 0.3 is 0 Å². The van der Waals surface area contributed by atoms with Gasteiger partial charge in [-0.15, -0.1) is 0 Å². The number of rotatable bonds is 6. The van der Waals surface area contributed by atoms with E-state index in [1.807, 2.05) is 51.1 Å². The second-order valence-corrected chi connectivity index (χ2v) is 6.91. The normalized spacial score (nSPS) is 10.6. The number of benzene rings is 2. The highest BCUT2D eigenvalue weighted by atomic mass is 35.5. The van der Waals surface area contributed by atoms with E-state index < -0.39 is 0 Å². The minimum atomic E-state index is -0.315. The van der Waals surface area contributed by atoms with Crippen molar-refractivity contribution in [3.8, 4) is 5.75 Å². The molecular weight excluding hydrogens is 376 g/mol. The highest BCUT2D eigenvalue weighted by molar-refractivity contribution is 6.31. The zero-order chi connectivity index (χ0) is 20.1. The maximum Gasteiger partial charge on any atom is 0.258 e. The molecule has 3 aromatic rings. The molecule has 1 amide bonds. The number of aromatic nitrogens is 2. The van der Waals surface area contributed by atoms with Crippen LogP contribution in [-0.4, -0.2) is 22.0 Å². The molecule has 0 saturated carbocycles. The summed E-state index contributed by atoms with van der Waals surface area (Å²) in [5, 5.41) is 6.55. The molecule has 0 aliphatic rings. The zero-order valence-corrected chi connectivity index (χ0v) is 16.6. The van der Waals surface area contributed by atoms with Crippen LogP contribution in [0.3, 0.4) is 0 Å². The second kappa shape index (κ2) is 8.71. The van der Waals surface area contributed by atoms with Gasteiger partial charge in [0.05, 0.1) is 17.4 Å². The lowest BCUT2D eigenvalue weighted by Crippen LogP contribution is -2.15. The molecule has 28 heavy (non-hydrogen) atoms. The SMILES string of the molecule is Cc1ccc(Nc2ncc(C(=O)Nc3ccccc3OC(C)C)cn2)cc1Cl. The predicted molar refractivity (Wildman–Crippen MR) is 112 cm³/mol. The van der Waals surface area contributed by atoms with E-state index in [1.165, 1.54) is 12.4 Å². The van der Waals surface area contributed by atoms with Gasteiger partial charge in [0.1, 0.15) is 5.75 Å². The molecule has 144 valence electrons. The number of nitrogens with zero attached hydrogens (tertiary/aromatic N) is 2. The van der Waals surface area contributed by atoms with Crippen LogP contribution in [0.25, 0.3) is 0 Å². The van der Waals surface area contributed by atoms with Crippen LogP contribution in [0, 0.1) is 6.92 Å². The first-order chi connectivity index (χ1) is 13.4. The van der Waals surface area contributed by atoms with Crippen molar-refractivity contribution in [1.29, 1.82) is 0 Å². The largest absolute Gasteiger partial charge is 0.489 e. The molecule has 2 N–H and O–H groups in total. The molecule has 2 aromatic carbocycles. The number of amides is 1. The summed E-state index contributed by atoms with van der Waals surface area (Å²) in [4.78, 5) is 20.9. The summed E-state index contributed by atoms with van der Waals surface area (Å²) in [5.41, 5.74) is 2.69. The topological polar surface area (TPSA) is 76.1 Å². The van der Waals surface area contributed by atoms with Crippen molar-refractivity contribution in [3.05, 3.63) is 71.0 Å². The summed E-state index contributed by atoms with van der Waals surface area (Å²) < 4.78 is 5.72. The Morgan fingerprint density at radius 3 is 2.50 bits per heavy atom. The van der Waals surface area contributed by atoms with E-state index in [0.717, 1.165) is 11.3 Å². The number of hydrogen-bond donors (Lipinski definition) is 2. The van der Waals surface area contributed by atoms with Crippen LogP contribution in [0.2, 0.25) is 5.02 Å². The van der Waals surface area contributed by atoms with Crippen LogP contribution in [0.1, 0.15) is 29.8 Å².